The second-order valence-corrected chi connectivity index (χ2v) is 5.91. The largest absolute Gasteiger partial charge is 0.327 e. The zero-order chi connectivity index (χ0) is 11.3. The summed E-state index contributed by atoms with van der Waals surface area (Å²) in [6, 6.07) is 11.0. The molecule has 15 heavy (non-hydrogen) atoms. The molecule has 1 fully saturated rings. The Hall–Kier alpha value is -0.820. The lowest BCUT2D eigenvalue weighted by molar-refractivity contribution is 0.381. The third-order valence-electron chi connectivity index (χ3n) is 4.21. The van der Waals surface area contributed by atoms with Gasteiger partial charge in [-0.15, -0.1) is 0 Å². The van der Waals surface area contributed by atoms with E-state index in [0.29, 0.717) is 17.4 Å². The maximum absolute atomic E-state index is 6.17. The highest BCUT2D eigenvalue weighted by atomic mass is 14.9. The smallest absolute Gasteiger partial charge is 0.0136 e. The highest BCUT2D eigenvalue weighted by Crippen LogP contribution is 2.59. The van der Waals surface area contributed by atoms with E-state index in [2.05, 4.69) is 58.0 Å². The first-order valence-electron chi connectivity index (χ1n) is 5.69. The van der Waals surface area contributed by atoms with Crippen molar-refractivity contribution in [2.24, 2.45) is 17.1 Å². The molecule has 1 aromatic rings. The van der Waals surface area contributed by atoms with E-state index in [-0.39, 0.29) is 5.41 Å². The minimum atomic E-state index is 0.185. The van der Waals surface area contributed by atoms with Gasteiger partial charge < -0.3 is 5.73 Å². The Morgan fingerprint density at radius 1 is 1.13 bits per heavy atom. The molecule has 0 radical (unpaired) electrons. The van der Waals surface area contributed by atoms with Gasteiger partial charge >= 0.3 is 0 Å². The molecule has 2 rings (SSSR count). The van der Waals surface area contributed by atoms with Crippen molar-refractivity contribution in [2.75, 3.05) is 0 Å². The topological polar surface area (TPSA) is 26.0 Å². The van der Waals surface area contributed by atoms with Gasteiger partial charge in [-0.05, 0) is 22.3 Å². The van der Waals surface area contributed by atoms with Crippen molar-refractivity contribution in [3.05, 3.63) is 35.9 Å². The first-order valence-corrected chi connectivity index (χ1v) is 5.69. The van der Waals surface area contributed by atoms with E-state index in [1.165, 1.54) is 5.56 Å². The van der Waals surface area contributed by atoms with Crippen LogP contribution in [0.2, 0.25) is 0 Å². The van der Waals surface area contributed by atoms with E-state index in [0.717, 1.165) is 0 Å². The fraction of sp³-hybridized carbons (Fsp3) is 0.571. The van der Waals surface area contributed by atoms with E-state index in [1.54, 1.807) is 0 Å². The molecule has 1 saturated carbocycles. The van der Waals surface area contributed by atoms with Gasteiger partial charge in [-0.3, -0.25) is 0 Å². The molecule has 0 heterocycles. The predicted octanol–water partition coefficient (Wildman–Crippen LogP) is 2.95. The SMILES string of the molecule is CC(C)(c1ccccc1)[C@@H]1[C@@H](N)C1(C)C. The number of nitrogens with two attached hydrogens (primary N) is 1. The van der Waals surface area contributed by atoms with Gasteiger partial charge in [0.2, 0.25) is 0 Å². The van der Waals surface area contributed by atoms with Crippen LogP contribution in [0.1, 0.15) is 33.3 Å². The average molecular weight is 203 g/mol. The quantitative estimate of drug-likeness (QED) is 0.785. The predicted molar refractivity (Wildman–Crippen MR) is 64.7 cm³/mol. The van der Waals surface area contributed by atoms with Crippen LogP contribution < -0.4 is 5.73 Å². The summed E-state index contributed by atoms with van der Waals surface area (Å²) in [7, 11) is 0. The monoisotopic (exact) mass is 203 g/mol. The maximum atomic E-state index is 6.17. The Bertz CT molecular complexity index is 351. The Balaban J connectivity index is 2.30. The first kappa shape index (κ1) is 10.7. The van der Waals surface area contributed by atoms with Crippen LogP contribution in [0, 0.1) is 11.3 Å². The molecule has 1 aliphatic carbocycles. The maximum Gasteiger partial charge on any atom is 0.0136 e. The Morgan fingerprint density at radius 3 is 2.00 bits per heavy atom. The van der Waals surface area contributed by atoms with E-state index >= 15 is 0 Å². The lowest BCUT2D eigenvalue weighted by Gasteiger charge is -2.27. The molecular formula is C14H21N. The molecule has 1 aromatic carbocycles. The van der Waals surface area contributed by atoms with Crippen LogP contribution in [-0.4, -0.2) is 6.04 Å². The lowest BCUT2D eigenvalue weighted by atomic mass is 9.77. The molecular weight excluding hydrogens is 182 g/mol. The first-order chi connectivity index (χ1) is 6.88. The molecule has 2 atom stereocenters. The van der Waals surface area contributed by atoms with Crippen LogP contribution in [0.15, 0.2) is 30.3 Å². The molecule has 0 amide bonds. The van der Waals surface area contributed by atoms with Gasteiger partial charge in [0, 0.05) is 6.04 Å². The molecule has 2 N–H and O–H groups in total. The molecule has 0 unspecified atom stereocenters. The van der Waals surface area contributed by atoms with E-state index in [1.807, 2.05) is 0 Å². The Morgan fingerprint density at radius 2 is 1.60 bits per heavy atom. The molecule has 0 spiro atoms. The van der Waals surface area contributed by atoms with Gasteiger partial charge in [-0.25, -0.2) is 0 Å². The van der Waals surface area contributed by atoms with Crippen LogP contribution in [0.3, 0.4) is 0 Å². The van der Waals surface area contributed by atoms with Crippen LogP contribution in [-0.2, 0) is 5.41 Å². The zero-order valence-electron chi connectivity index (χ0n) is 10.1. The van der Waals surface area contributed by atoms with Crippen LogP contribution in [0.5, 0.6) is 0 Å². The second kappa shape index (κ2) is 3.08. The molecule has 0 saturated heterocycles. The van der Waals surface area contributed by atoms with Crippen LogP contribution >= 0.6 is 0 Å². The summed E-state index contributed by atoms with van der Waals surface area (Å²) < 4.78 is 0. The van der Waals surface area contributed by atoms with Gasteiger partial charge in [0.05, 0.1) is 0 Å². The van der Waals surface area contributed by atoms with Crippen molar-refractivity contribution in [3.63, 3.8) is 0 Å². The number of hydrogen-bond acceptors (Lipinski definition) is 1. The minimum absolute atomic E-state index is 0.185. The summed E-state index contributed by atoms with van der Waals surface area (Å²) in [6.45, 7) is 9.16. The fourth-order valence-electron chi connectivity index (χ4n) is 3.10. The van der Waals surface area contributed by atoms with E-state index in [4.69, 9.17) is 5.73 Å². The van der Waals surface area contributed by atoms with Crippen molar-refractivity contribution in [3.8, 4) is 0 Å². The fourth-order valence-corrected chi connectivity index (χ4v) is 3.10. The van der Waals surface area contributed by atoms with Crippen LogP contribution in [0.4, 0.5) is 0 Å². The van der Waals surface area contributed by atoms with Gasteiger partial charge in [-0.1, -0.05) is 58.0 Å². The van der Waals surface area contributed by atoms with Crippen molar-refractivity contribution >= 4 is 0 Å². The van der Waals surface area contributed by atoms with E-state index < -0.39 is 0 Å². The highest BCUT2D eigenvalue weighted by molar-refractivity contribution is 5.31. The van der Waals surface area contributed by atoms with Gasteiger partial charge in [0.1, 0.15) is 0 Å². The van der Waals surface area contributed by atoms with Gasteiger partial charge in [0.15, 0.2) is 0 Å². The third-order valence-corrected chi connectivity index (χ3v) is 4.21. The van der Waals surface area contributed by atoms with Crippen molar-refractivity contribution in [1.82, 2.24) is 0 Å². The highest BCUT2D eigenvalue weighted by Gasteiger charge is 2.62. The Labute approximate surface area is 92.7 Å². The normalized spacial score (nSPS) is 28.9. The van der Waals surface area contributed by atoms with Crippen LogP contribution in [0.25, 0.3) is 0 Å². The summed E-state index contributed by atoms with van der Waals surface area (Å²) in [5.41, 5.74) is 8.04. The molecule has 1 aliphatic rings. The summed E-state index contributed by atoms with van der Waals surface area (Å²) in [5, 5.41) is 0. The second-order valence-electron chi connectivity index (χ2n) is 5.91. The molecule has 1 nitrogen and oxygen atoms in total. The summed E-state index contributed by atoms with van der Waals surface area (Å²) in [5.74, 6) is 0.590. The van der Waals surface area contributed by atoms with Crippen molar-refractivity contribution in [2.45, 2.75) is 39.2 Å². The lowest BCUT2D eigenvalue weighted by Crippen LogP contribution is -2.24. The zero-order valence-corrected chi connectivity index (χ0v) is 10.1. The minimum Gasteiger partial charge on any atom is -0.327 e. The molecule has 1 heteroatoms. The van der Waals surface area contributed by atoms with Crippen molar-refractivity contribution < 1.29 is 0 Å². The third kappa shape index (κ3) is 1.50. The Kier molecular flexibility index (Phi) is 2.20. The summed E-state index contributed by atoms with van der Waals surface area (Å²) in [4.78, 5) is 0. The van der Waals surface area contributed by atoms with Gasteiger partial charge in [0.25, 0.3) is 0 Å². The summed E-state index contributed by atoms with van der Waals surface area (Å²) in [6.07, 6.45) is 0. The molecule has 0 aromatic heterocycles. The number of hydrogen-bond donors (Lipinski definition) is 1. The molecule has 82 valence electrons. The molecule has 0 aliphatic heterocycles. The average Bonchev–Trinajstić information content (AvgIpc) is 2.68. The number of benzene rings is 1. The number of rotatable bonds is 2. The van der Waals surface area contributed by atoms with Gasteiger partial charge in [-0.2, -0.15) is 0 Å². The summed E-state index contributed by atoms with van der Waals surface area (Å²) >= 11 is 0. The molecule has 0 bridgehead atoms. The standard InChI is InChI=1S/C14H21N/c1-13(2,10-8-6-5-7-9-10)11-12(15)14(11,3)4/h5-9,11-12H,15H2,1-4H3/t11-,12+/m0/s1. The van der Waals surface area contributed by atoms with E-state index in [9.17, 15) is 0 Å². The van der Waals surface area contributed by atoms with Crippen molar-refractivity contribution in [1.29, 1.82) is 0 Å².